The van der Waals surface area contributed by atoms with Crippen LogP contribution in [-0.2, 0) is 20.0 Å². The molecule has 2 heterocycles. The van der Waals surface area contributed by atoms with Crippen molar-refractivity contribution in [3.63, 3.8) is 0 Å². The van der Waals surface area contributed by atoms with Crippen LogP contribution in [0, 0.1) is 0 Å². The summed E-state index contributed by atoms with van der Waals surface area (Å²) in [6.07, 6.45) is 4.70. The third-order valence-electron chi connectivity index (χ3n) is 4.57. The topological polar surface area (TPSA) is 33.1 Å². The SMILES string of the molecule is CCCC1CN(Cc2c(Br)c(CC)nn2C)C(C)CCN1. The summed E-state index contributed by atoms with van der Waals surface area (Å²) in [5, 5.41) is 8.32. The van der Waals surface area contributed by atoms with Gasteiger partial charge in [0.05, 0.1) is 15.9 Å². The van der Waals surface area contributed by atoms with Gasteiger partial charge in [0.2, 0.25) is 0 Å². The van der Waals surface area contributed by atoms with Crippen molar-refractivity contribution in [3.05, 3.63) is 15.9 Å². The van der Waals surface area contributed by atoms with Gasteiger partial charge in [-0.25, -0.2) is 0 Å². The smallest absolute Gasteiger partial charge is 0.0767 e. The molecule has 1 aliphatic rings. The number of nitrogens with zero attached hydrogens (tertiary/aromatic N) is 3. The summed E-state index contributed by atoms with van der Waals surface area (Å²) in [5.74, 6) is 0. The maximum Gasteiger partial charge on any atom is 0.0767 e. The molecule has 5 heteroatoms. The highest BCUT2D eigenvalue weighted by Crippen LogP contribution is 2.24. The minimum Gasteiger partial charge on any atom is -0.313 e. The van der Waals surface area contributed by atoms with Gasteiger partial charge in [-0.3, -0.25) is 9.58 Å². The Balaban J connectivity index is 2.13. The highest BCUT2D eigenvalue weighted by atomic mass is 79.9. The fraction of sp³-hybridized carbons (Fsp3) is 0.812. The van der Waals surface area contributed by atoms with E-state index in [0.29, 0.717) is 12.1 Å². The van der Waals surface area contributed by atoms with E-state index in [1.54, 1.807) is 0 Å². The molecule has 120 valence electrons. The summed E-state index contributed by atoms with van der Waals surface area (Å²) in [5.41, 5.74) is 2.47. The standard InChI is InChI=1S/C16H29BrN4/c1-5-7-13-10-21(12(3)8-9-18-13)11-15-16(17)14(6-2)19-20(15)4/h12-13,18H,5-11H2,1-4H3. The largest absolute Gasteiger partial charge is 0.313 e. The summed E-state index contributed by atoms with van der Waals surface area (Å²) in [7, 11) is 2.06. The Morgan fingerprint density at radius 1 is 1.38 bits per heavy atom. The van der Waals surface area contributed by atoms with Crippen molar-refractivity contribution in [2.24, 2.45) is 7.05 Å². The Morgan fingerprint density at radius 2 is 2.14 bits per heavy atom. The van der Waals surface area contributed by atoms with Gasteiger partial charge in [0.1, 0.15) is 0 Å². The molecule has 2 unspecified atom stereocenters. The van der Waals surface area contributed by atoms with Crippen molar-refractivity contribution in [2.45, 2.75) is 65.1 Å². The molecule has 1 aromatic rings. The number of hydrogen-bond acceptors (Lipinski definition) is 3. The molecule has 1 aromatic heterocycles. The molecule has 1 N–H and O–H groups in total. The van der Waals surface area contributed by atoms with E-state index in [2.05, 4.69) is 59.1 Å². The molecule has 0 saturated carbocycles. The predicted molar refractivity (Wildman–Crippen MR) is 91.5 cm³/mol. The lowest BCUT2D eigenvalue weighted by molar-refractivity contribution is 0.188. The number of nitrogens with one attached hydrogen (secondary N) is 1. The Kier molecular flexibility index (Phi) is 6.26. The van der Waals surface area contributed by atoms with Crippen LogP contribution in [0.25, 0.3) is 0 Å². The number of aryl methyl sites for hydroxylation is 2. The number of halogens is 1. The molecule has 4 nitrogen and oxygen atoms in total. The first-order chi connectivity index (χ1) is 10.1. The second-order valence-corrected chi connectivity index (χ2v) is 6.98. The van der Waals surface area contributed by atoms with Crippen molar-refractivity contribution in [3.8, 4) is 0 Å². The molecular weight excluding hydrogens is 328 g/mol. The molecule has 0 aromatic carbocycles. The maximum atomic E-state index is 4.63. The van der Waals surface area contributed by atoms with Gasteiger partial charge in [-0.05, 0) is 48.7 Å². The summed E-state index contributed by atoms with van der Waals surface area (Å²) in [4.78, 5) is 2.61. The normalized spacial score (nSPS) is 24.2. The molecule has 0 radical (unpaired) electrons. The summed E-state index contributed by atoms with van der Waals surface area (Å²) < 4.78 is 3.24. The van der Waals surface area contributed by atoms with Gasteiger partial charge in [0, 0.05) is 32.2 Å². The van der Waals surface area contributed by atoms with Crippen LogP contribution in [0.4, 0.5) is 0 Å². The first kappa shape index (κ1) is 17.0. The average molecular weight is 357 g/mol. The number of aromatic nitrogens is 2. The van der Waals surface area contributed by atoms with Crippen LogP contribution in [0.3, 0.4) is 0 Å². The predicted octanol–water partition coefficient (Wildman–Crippen LogP) is 3.10. The summed E-state index contributed by atoms with van der Waals surface area (Å²) in [6, 6.07) is 1.24. The van der Waals surface area contributed by atoms with E-state index >= 15 is 0 Å². The van der Waals surface area contributed by atoms with Crippen LogP contribution in [-0.4, -0.2) is 39.9 Å². The monoisotopic (exact) mass is 356 g/mol. The number of hydrogen-bond donors (Lipinski definition) is 1. The van der Waals surface area contributed by atoms with E-state index < -0.39 is 0 Å². The van der Waals surface area contributed by atoms with Gasteiger partial charge < -0.3 is 5.32 Å². The molecule has 1 fully saturated rings. The summed E-state index contributed by atoms with van der Waals surface area (Å²) >= 11 is 3.75. The van der Waals surface area contributed by atoms with Crippen LogP contribution >= 0.6 is 15.9 Å². The van der Waals surface area contributed by atoms with E-state index in [1.165, 1.54) is 35.1 Å². The molecular formula is C16H29BrN4. The fourth-order valence-corrected chi connectivity index (χ4v) is 3.89. The van der Waals surface area contributed by atoms with Crippen molar-refractivity contribution in [2.75, 3.05) is 13.1 Å². The van der Waals surface area contributed by atoms with Gasteiger partial charge >= 0.3 is 0 Å². The third kappa shape index (κ3) is 4.08. The molecule has 2 rings (SSSR count). The van der Waals surface area contributed by atoms with Crippen molar-refractivity contribution in [1.29, 1.82) is 0 Å². The minimum atomic E-state index is 0.617. The average Bonchev–Trinajstić information content (AvgIpc) is 2.61. The third-order valence-corrected chi connectivity index (χ3v) is 5.48. The van der Waals surface area contributed by atoms with E-state index in [4.69, 9.17) is 0 Å². The van der Waals surface area contributed by atoms with Crippen LogP contribution < -0.4 is 5.32 Å². The van der Waals surface area contributed by atoms with E-state index in [9.17, 15) is 0 Å². The summed E-state index contributed by atoms with van der Waals surface area (Å²) in [6.45, 7) is 10.0. The molecule has 1 saturated heterocycles. The van der Waals surface area contributed by atoms with Crippen LogP contribution in [0.5, 0.6) is 0 Å². The van der Waals surface area contributed by atoms with Gasteiger partial charge in [0.25, 0.3) is 0 Å². The maximum absolute atomic E-state index is 4.63. The second kappa shape index (κ2) is 7.75. The highest BCUT2D eigenvalue weighted by molar-refractivity contribution is 9.10. The van der Waals surface area contributed by atoms with Crippen molar-refractivity contribution in [1.82, 2.24) is 20.0 Å². The fourth-order valence-electron chi connectivity index (χ4n) is 3.15. The van der Waals surface area contributed by atoms with Crippen molar-refractivity contribution >= 4 is 15.9 Å². The van der Waals surface area contributed by atoms with Gasteiger partial charge in [-0.2, -0.15) is 5.10 Å². The lowest BCUT2D eigenvalue weighted by atomic mass is 10.1. The molecule has 0 bridgehead atoms. The molecule has 1 aliphatic heterocycles. The van der Waals surface area contributed by atoms with Gasteiger partial charge in [0.15, 0.2) is 0 Å². The Labute approximate surface area is 137 Å². The second-order valence-electron chi connectivity index (χ2n) is 6.19. The zero-order valence-electron chi connectivity index (χ0n) is 13.8. The van der Waals surface area contributed by atoms with Crippen molar-refractivity contribution < 1.29 is 0 Å². The Bertz CT molecular complexity index is 457. The first-order valence-electron chi connectivity index (χ1n) is 8.24. The molecule has 0 aliphatic carbocycles. The Hall–Kier alpha value is -0.390. The molecule has 2 atom stereocenters. The highest BCUT2D eigenvalue weighted by Gasteiger charge is 2.24. The Morgan fingerprint density at radius 3 is 2.76 bits per heavy atom. The van der Waals surface area contributed by atoms with Crippen LogP contribution in [0.2, 0.25) is 0 Å². The van der Waals surface area contributed by atoms with E-state index in [-0.39, 0.29) is 0 Å². The molecule has 0 amide bonds. The minimum absolute atomic E-state index is 0.617. The lowest BCUT2D eigenvalue weighted by Crippen LogP contribution is -2.40. The lowest BCUT2D eigenvalue weighted by Gasteiger charge is -2.29. The molecule has 21 heavy (non-hydrogen) atoms. The van der Waals surface area contributed by atoms with Gasteiger partial charge in [-0.1, -0.05) is 20.3 Å². The molecule has 0 spiro atoms. The zero-order chi connectivity index (χ0) is 15.4. The van der Waals surface area contributed by atoms with E-state index in [1.807, 2.05) is 4.68 Å². The van der Waals surface area contributed by atoms with Crippen LogP contribution in [0.1, 0.15) is 51.4 Å². The first-order valence-corrected chi connectivity index (χ1v) is 9.03. The number of rotatable bonds is 5. The van der Waals surface area contributed by atoms with Crippen LogP contribution in [0.15, 0.2) is 4.47 Å². The quantitative estimate of drug-likeness (QED) is 0.879. The zero-order valence-corrected chi connectivity index (χ0v) is 15.4. The van der Waals surface area contributed by atoms with Gasteiger partial charge in [-0.15, -0.1) is 0 Å². The van der Waals surface area contributed by atoms with E-state index in [0.717, 1.165) is 26.1 Å².